The van der Waals surface area contributed by atoms with Crippen LogP contribution >= 0.6 is 0 Å². The van der Waals surface area contributed by atoms with Gasteiger partial charge in [0.25, 0.3) is 5.79 Å². The SMILES string of the molecule is CC(=O)N[C@H]1[C@H](OCCCN)O[C@H](CO)[C@@H](O[C@@H]2O[C@H](CO)[C@H](O)[C@H](O[C@]3(C(=O)O)C[C@H](O)[C@@H](NC(C)=O)[C@H]([C@H](O)[C@H](O)CO)O3)[C@H]2O)[C@@H]1O[C@@H]1O[C@@H](C)[C@@H](O)[C@@H](O)[C@@H]1O. The molecular weight excluding hydrogens is 818 g/mol. The van der Waals surface area contributed by atoms with Crippen LogP contribution in [0.3, 0.4) is 0 Å². The van der Waals surface area contributed by atoms with E-state index < -0.39 is 172 Å². The molecule has 4 aliphatic heterocycles. The van der Waals surface area contributed by atoms with Gasteiger partial charge in [-0.05, 0) is 19.9 Å². The molecule has 0 aromatic rings. The Labute approximate surface area is 342 Å². The van der Waals surface area contributed by atoms with Gasteiger partial charge in [-0.1, -0.05) is 0 Å². The van der Waals surface area contributed by atoms with E-state index in [1.165, 1.54) is 6.92 Å². The van der Waals surface area contributed by atoms with Crippen molar-refractivity contribution in [3.63, 3.8) is 0 Å². The molecule has 0 aromatic heterocycles. The molecule has 4 rings (SSSR count). The van der Waals surface area contributed by atoms with Crippen molar-refractivity contribution in [2.45, 2.75) is 162 Å². The van der Waals surface area contributed by atoms with Crippen LogP contribution in [0.25, 0.3) is 0 Å². The maximum Gasteiger partial charge on any atom is 0.364 e. The number of aliphatic hydroxyl groups excluding tert-OH is 11. The number of aliphatic hydroxyl groups is 11. The standard InChI is InChI=1S/C34H59N3O23/c1-11-20(45)23(48)24(49)31(54-11)58-28-19(37-13(3)42)30(53-6-4-5-35)56-17(10-40)26(28)57-32-25(50)29(22(47)16(9-39)55-32)60-34(33(51)52)7-14(43)18(36-12(2)41)27(59-34)21(46)15(44)8-38/h11,14-32,38-40,43-50H,4-10,35H2,1-3H3,(H,36,41)(H,37,42)(H,51,52)/t11-,14-,15+,16+,17+,18+,19+,20+,21+,22-,23+,24-,25+,26+,27+,28+,29-,30+,31-,32-,34-/m0/s1. The molecule has 0 saturated carbocycles. The number of aliphatic carboxylic acids is 1. The number of carboxylic acid groups (broad SMARTS) is 1. The van der Waals surface area contributed by atoms with Gasteiger partial charge >= 0.3 is 5.97 Å². The van der Waals surface area contributed by atoms with E-state index in [0.29, 0.717) is 6.42 Å². The van der Waals surface area contributed by atoms with Crippen molar-refractivity contribution in [3.8, 4) is 0 Å². The highest BCUT2D eigenvalue weighted by Gasteiger charge is 2.61. The zero-order valence-corrected chi connectivity index (χ0v) is 32.9. The molecule has 4 fully saturated rings. The van der Waals surface area contributed by atoms with E-state index in [-0.39, 0.29) is 13.2 Å². The Balaban J connectivity index is 1.74. The van der Waals surface area contributed by atoms with Crippen LogP contribution in [-0.2, 0) is 52.3 Å². The first-order valence-corrected chi connectivity index (χ1v) is 19.2. The maximum absolute atomic E-state index is 13.0. The molecule has 0 bridgehead atoms. The Kier molecular flexibility index (Phi) is 18.3. The van der Waals surface area contributed by atoms with E-state index in [2.05, 4.69) is 10.6 Å². The lowest BCUT2D eigenvalue weighted by molar-refractivity contribution is -0.391. The van der Waals surface area contributed by atoms with Gasteiger partial charge in [0.15, 0.2) is 18.9 Å². The lowest BCUT2D eigenvalue weighted by atomic mass is 9.88. The molecule has 26 heteroatoms. The summed E-state index contributed by atoms with van der Waals surface area (Å²) >= 11 is 0. The smallest absolute Gasteiger partial charge is 0.364 e. The highest BCUT2D eigenvalue weighted by Crippen LogP contribution is 2.39. The van der Waals surface area contributed by atoms with Crippen molar-refractivity contribution in [2.75, 3.05) is 33.0 Å². The second-order valence-electron chi connectivity index (χ2n) is 15.0. The van der Waals surface area contributed by atoms with Gasteiger partial charge in [0.05, 0.1) is 44.7 Å². The molecular formula is C34H59N3O23. The summed E-state index contributed by atoms with van der Waals surface area (Å²) in [7, 11) is 0. The normalized spacial score (nSPS) is 43.5. The Morgan fingerprint density at radius 3 is 1.92 bits per heavy atom. The number of hydrogen-bond acceptors (Lipinski definition) is 23. The Hall–Kier alpha value is -2.39. The fourth-order valence-electron chi connectivity index (χ4n) is 7.40. The Bertz CT molecular complexity index is 1410. The van der Waals surface area contributed by atoms with Crippen LogP contribution < -0.4 is 16.4 Å². The third kappa shape index (κ3) is 11.2. The minimum atomic E-state index is -3.11. The Morgan fingerprint density at radius 1 is 0.767 bits per heavy atom. The number of nitrogens with two attached hydrogens (primary N) is 1. The van der Waals surface area contributed by atoms with Crippen LogP contribution in [0.1, 0.15) is 33.6 Å². The van der Waals surface area contributed by atoms with Gasteiger partial charge in [0, 0.05) is 20.3 Å². The lowest BCUT2D eigenvalue weighted by Crippen LogP contribution is -2.71. The summed E-state index contributed by atoms with van der Waals surface area (Å²) in [5.41, 5.74) is 5.61. The van der Waals surface area contributed by atoms with Crippen molar-refractivity contribution in [1.29, 1.82) is 0 Å². The number of rotatable bonds is 18. The quantitative estimate of drug-likeness (QED) is 0.0569. The average Bonchev–Trinajstić information content (AvgIpc) is 3.20. The zero-order chi connectivity index (χ0) is 44.8. The van der Waals surface area contributed by atoms with Crippen LogP contribution in [0, 0.1) is 0 Å². The van der Waals surface area contributed by atoms with Crippen molar-refractivity contribution in [2.24, 2.45) is 5.73 Å². The molecule has 16 N–H and O–H groups in total. The lowest BCUT2D eigenvalue weighted by Gasteiger charge is -2.51. The van der Waals surface area contributed by atoms with E-state index in [1.807, 2.05) is 0 Å². The minimum absolute atomic E-state index is 0.0395. The summed E-state index contributed by atoms with van der Waals surface area (Å²) in [5, 5.41) is 132. The molecule has 2 amide bonds. The maximum atomic E-state index is 13.0. The summed E-state index contributed by atoms with van der Waals surface area (Å²) in [6.07, 6.45) is -33.9. The van der Waals surface area contributed by atoms with Crippen molar-refractivity contribution >= 4 is 17.8 Å². The van der Waals surface area contributed by atoms with Gasteiger partial charge in [-0.15, -0.1) is 0 Å². The van der Waals surface area contributed by atoms with Gasteiger partial charge in [0.2, 0.25) is 11.8 Å². The Morgan fingerprint density at radius 2 is 1.35 bits per heavy atom. The predicted octanol–water partition coefficient (Wildman–Crippen LogP) is -8.85. The van der Waals surface area contributed by atoms with Gasteiger partial charge in [0.1, 0.15) is 85.4 Å². The third-order valence-electron chi connectivity index (χ3n) is 10.6. The summed E-state index contributed by atoms with van der Waals surface area (Å²) in [5.74, 6) is -6.59. The second-order valence-corrected chi connectivity index (χ2v) is 15.0. The molecule has 0 spiro atoms. The number of amides is 2. The summed E-state index contributed by atoms with van der Waals surface area (Å²) < 4.78 is 46.7. The van der Waals surface area contributed by atoms with E-state index in [0.717, 1.165) is 13.8 Å². The third-order valence-corrected chi connectivity index (χ3v) is 10.6. The number of carboxylic acids is 1. The van der Waals surface area contributed by atoms with Crippen LogP contribution in [0.5, 0.6) is 0 Å². The largest absolute Gasteiger partial charge is 0.477 e. The summed E-state index contributed by atoms with van der Waals surface area (Å²) in [6.45, 7) is 0.622. The fourth-order valence-corrected chi connectivity index (χ4v) is 7.40. The molecule has 4 heterocycles. The second kappa shape index (κ2) is 21.8. The summed E-state index contributed by atoms with van der Waals surface area (Å²) in [4.78, 5) is 37.5. The van der Waals surface area contributed by atoms with E-state index in [9.17, 15) is 75.7 Å². The van der Waals surface area contributed by atoms with Crippen LogP contribution in [0.2, 0.25) is 0 Å². The molecule has 4 saturated heterocycles. The van der Waals surface area contributed by atoms with Crippen LogP contribution in [0.15, 0.2) is 0 Å². The fraction of sp³-hybridized carbons (Fsp3) is 0.912. The topological polar surface area (TPSA) is 418 Å². The molecule has 348 valence electrons. The van der Waals surface area contributed by atoms with Crippen molar-refractivity contribution < 1.29 is 114 Å². The first-order valence-electron chi connectivity index (χ1n) is 19.2. The van der Waals surface area contributed by atoms with E-state index in [4.69, 9.17) is 43.6 Å². The first-order chi connectivity index (χ1) is 28.2. The average molecular weight is 878 g/mol. The van der Waals surface area contributed by atoms with Crippen LogP contribution in [-0.4, -0.2) is 240 Å². The van der Waals surface area contributed by atoms with Gasteiger partial charge in [-0.3, -0.25) is 9.59 Å². The highest BCUT2D eigenvalue weighted by molar-refractivity contribution is 5.76. The van der Waals surface area contributed by atoms with Crippen molar-refractivity contribution in [1.82, 2.24) is 10.6 Å². The number of carbonyl (C=O) groups excluding carboxylic acids is 2. The molecule has 0 aromatic carbocycles. The molecule has 4 aliphatic rings. The molecule has 0 radical (unpaired) electrons. The number of hydrogen-bond donors (Lipinski definition) is 15. The number of carbonyl (C=O) groups is 3. The molecule has 21 atom stereocenters. The van der Waals surface area contributed by atoms with Crippen LogP contribution in [0.4, 0.5) is 0 Å². The minimum Gasteiger partial charge on any atom is -0.477 e. The molecule has 60 heavy (non-hydrogen) atoms. The molecule has 26 nitrogen and oxygen atoms in total. The number of nitrogens with one attached hydrogen (secondary N) is 2. The van der Waals surface area contributed by atoms with E-state index in [1.54, 1.807) is 0 Å². The van der Waals surface area contributed by atoms with E-state index >= 15 is 0 Å². The van der Waals surface area contributed by atoms with Gasteiger partial charge in [-0.2, -0.15) is 0 Å². The predicted molar refractivity (Wildman–Crippen MR) is 190 cm³/mol. The zero-order valence-electron chi connectivity index (χ0n) is 32.9. The first kappa shape index (κ1) is 50.3. The van der Waals surface area contributed by atoms with Gasteiger partial charge in [-0.25, -0.2) is 4.79 Å². The monoisotopic (exact) mass is 877 g/mol. The van der Waals surface area contributed by atoms with Gasteiger partial charge < -0.3 is 116 Å². The van der Waals surface area contributed by atoms with Crippen molar-refractivity contribution in [3.05, 3.63) is 0 Å². The highest BCUT2D eigenvalue weighted by atomic mass is 16.8. The number of ether oxygens (including phenoxy) is 8. The molecule has 0 aliphatic carbocycles. The molecule has 0 unspecified atom stereocenters. The summed E-state index contributed by atoms with van der Waals surface area (Å²) in [6, 6.07) is -3.02.